The smallest absolute Gasteiger partial charge is 0.307 e. The standard InChI is InChI=1S/C13H21NO3/c1-9-8-11(9)13(16)14-7-6-12(15)17-10-4-2-3-5-10/h9-11H,2-8H2,1H3,(H,14,16)/t9-,11-/m1/s1. The van der Waals surface area contributed by atoms with E-state index >= 15 is 0 Å². The predicted molar refractivity (Wildman–Crippen MR) is 63.2 cm³/mol. The fraction of sp³-hybridized carbons (Fsp3) is 0.846. The minimum Gasteiger partial charge on any atom is -0.462 e. The topological polar surface area (TPSA) is 55.4 Å². The molecule has 1 N–H and O–H groups in total. The first-order chi connectivity index (χ1) is 8.16. The number of carbonyl (C=O) groups is 2. The molecule has 0 spiro atoms. The van der Waals surface area contributed by atoms with Crippen molar-refractivity contribution in [1.29, 1.82) is 0 Å². The minimum absolute atomic E-state index is 0.0890. The number of esters is 1. The number of ether oxygens (including phenoxy) is 1. The molecule has 2 saturated carbocycles. The van der Waals surface area contributed by atoms with Gasteiger partial charge in [0.25, 0.3) is 0 Å². The predicted octanol–water partition coefficient (Wildman–Crippen LogP) is 1.63. The van der Waals surface area contributed by atoms with Crippen LogP contribution in [-0.2, 0) is 14.3 Å². The first-order valence-electron chi connectivity index (χ1n) is 6.64. The third kappa shape index (κ3) is 3.72. The van der Waals surface area contributed by atoms with Crippen LogP contribution in [0.1, 0.15) is 45.4 Å². The summed E-state index contributed by atoms with van der Waals surface area (Å²) in [4.78, 5) is 22.9. The summed E-state index contributed by atoms with van der Waals surface area (Å²) in [6.07, 6.45) is 5.72. The summed E-state index contributed by atoms with van der Waals surface area (Å²) in [6, 6.07) is 0. The lowest BCUT2D eigenvalue weighted by Crippen LogP contribution is -2.28. The second-order valence-electron chi connectivity index (χ2n) is 5.26. The van der Waals surface area contributed by atoms with Crippen molar-refractivity contribution < 1.29 is 14.3 Å². The molecule has 2 fully saturated rings. The van der Waals surface area contributed by atoms with Crippen LogP contribution in [0.4, 0.5) is 0 Å². The molecule has 1 amide bonds. The van der Waals surface area contributed by atoms with Gasteiger partial charge in [-0.15, -0.1) is 0 Å². The van der Waals surface area contributed by atoms with Crippen molar-refractivity contribution in [3.05, 3.63) is 0 Å². The molecule has 0 aromatic carbocycles. The van der Waals surface area contributed by atoms with E-state index in [1.54, 1.807) is 0 Å². The van der Waals surface area contributed by atoms with Gasteiger partial charge >= 0.3 is 5.97 Å². The van der Waals surface area contributed by atoms with Gasteiger partial charge in [-0.1, -0.05) is 6.92 Å². The van der Waals surface area contributed by atoms with E-state index in [2.05, 4.69) is 12.2 Å². The number of rotatable bonds is 5. The third-order valence-corrected chi connectivity index (χ3v) is 3.67. The zero-order valence-electron chi connectivity index (χ0n) is 10.4. The number of amides is 1. The van der Waals surface area contributed by atoms with Crippen LogP contribution in [-0.4, -0.2) is 24.5 Å². The highest BCUT2D eigenvalue weighted by Crippen LogP contribution is 2.37. The van der Waals surface area contributed by atoms with Crippen molar-refractivity contribution >= 4 is 11.9 Å². The first-order valence-corrected chi connectivity index (χ1v) is 6.64. The quantitative estimate of drug-likeness (QED) is 0.742. The highest BCUT2D eigenvalue weighted by molar-refractivity contribution is 5.81. The van der Waals surface area contributed by atoms with Crippen molar-refractivity contribution in [2.75, 3.05) is 6.54 Å². The molecule has 2 aliphatic carbocycles. The molecule has 4 nitrogen and oxygen atoms in total. The average Bonchev–Trinajstić information content (AvgIpc) is 2.80. The Hall–Kier alpha value is -1.06. The van der Waals surface area contributed by atoms with Crippen LogP contribution in [0, 0.1) is 11.8 Å². The summed E-state index contributed by atoms with van der Waals surface area (Å²) in [5.74, 6) is 0.605. The van der Waals surface area contributed by atoms with Gasteiger partial charge in [0, 0.05) is 12.5 Å². The molecule has 0 saturated heterocycles. The lowest BCUT2D eigenvalue weighted by molar-refractivity contribution is -0.148. The molecule has 17 heavy (non-hydrogen) atoms. The molecule has 0 heterocycles. The SMILES string of the molecule is C[C@@H]1C[C@H]1C(=O)NCCC(=O)OC1CCCC1. The number of nitrogens with one attached hydrogen (secondary N) is 1. The number of carbonyl (C=O) groups excluding carboxylic acids is 2. The van der Waals surface area contributed by atoms with Crippen molar-refractivity contribution in [2.45, 2.75) is 51.6 Å². The average molecular weight is 239 g/mol. The van der Waals surface area contributed by atoms with Crippen LogP contribution in [0.25, 0.3) is 0 Å². The lowest BCUT2D eigenvalue weighted by atomic mass is 10.3. The highest BCUT2D eigenvalue weighted by atomic mass is 16.5. The Kier molecular flexibility index (Phi) is 4.02. The van der Waals surface area contributed by atoms with Crippen molar-refractivity contribution in [3.63, 3.8) is 0 Å². The first kappa shape index (κ1) is 12.4. The van der Waals surface area contributed by atoms with Crippen LogP contribution < -0.4 is 5.32 Å². The van der Waals surface area contributed by atoms with Crippen LogP contribution in [0.2, 0.25) is 0 Å². The normalized spacial score (nSPS) is 27.8. The summed E-state index contributed by atoms with van der Waals surface area (Å²) >= 11 is 0. The van der Waals surface area contributed by atoms with Gasteiger partial charge in [-0.05, 0) is 38.0 Å². The molecular weight excluding hydrogens is 218 g/mol. The molecule has 4 heteroatoms. The van der Waals surface area contributed by atoms with Gasteiger partial charge in [-0.2, -0.15) is 0 Å². The summed E-state index contributed by atoms with van der Waals surface area (Å²) in [5.41, 5.74) is 0. The molecule has 0 aromatic heterocycles. The van der Waals surface area contributed by atoms with Gasteiger partial charge in [0.05, 0.1) is 6.42 Å². The summed E-state index contributed by atoms with van der Waals surface area (Å²) in [5, 5.41) is 2.79. The van der Waals surface area contributed by atoms with E-state index in [1.807, 2.05) is 0 Å². The Morgan fingerprint density at radius 2 is 1.94 bits per heavy atom. The van der Waals surface area contributed by atoms with Gasteiger partial charge in [0.1, 0.15) is 6.10 Å². The van der Waals surface area contributed by atoms with Crippen LogP contribution >= 0.6 is 0 Å². The maximum Gasteiger partial charge on any atom is 0.307 e. The van der Waals surface area contributed by atoms with E-state index in [0.717, 1.165) is 32.1 Å². The molecule has 96 valence electrons. The van der Waals surface area contributed by atoms with Gasteiger partial charge in [0.2, 0.25) is 5.91 Å². The van der Waals surface area contributed by atoms with Crippen molar-refractivity contribution in [2.24, 2.45) is 11.8 Å². The van der Waals surface area contributed by atoms with Crippen LogP contribution in [0.3, 0.4) is 0 Å². The van der Waals surface area contributed by atoms with E-state index in [4.69, 9.17) is 4.74 Å². The summed E-state index contributed by atoms with van der Waals surface area (Å²) in [7, 11) is 0. The lowest BCUT2D eigenvalue weighted by Gasteiger charge is -2.11. The molecule has 0 aliphatic heterocycles. The van der Waals surface area contributed by atoms with E-state index < -0.39 is 0 Å². The molecule has 0 unspecified atom stereocenters. The Bertz CT molecular complexity index is 297. The molecule has 2 aliphatic rings. The van der Waals surface area contributed by atoms with E-state index in [9.17, 15) is 9.59 Å². The van der Waals surface area contributed by atoms with Crippen molar-refractivity contribution in [1.82, 2.24) is 5.32 Å². The molecule has 0 radical (unpaired) electrons. The minimum atomic E-state index is -0.180. The second-order valence-corrected chi connectivity index (χ2v) is 5.26. The Labute approximate surface area is 102 Å². The van der Waals surface area contributed by atoms with Gasteiger partial charge in [0.15, 0.2) is 0 Å². The largest absolute Gasteiger partial charge is 0.462 e. The monoisotopic (exact) mass is 239 g/mol. The van der Waals surface area contributed by atoms with E-state index in [0.29, 0.717) is 18.9 Å². The Balaban J connectivity index is 1.55. The highest BCUT2D eigenvalue weighted by Gasteiger charge is 2.38. The van der Waals surface area contributed by atoms with E-state index in [1.165, 1.54) is 0 Å². The third-order valence-electron chi connectivity index (χ3n) is 3.67. The van der Waals surface area contributed by atoms with Gasteiger partial charge in [-0.25, -0.2) is 0 Å². The van der Waals surface area contributed by atoms with Crippen LogP contribution in [0.15, 0.2) is 0 Å². The molecule has 0 bridgehead atoms. The number of hydrogen-bond donors (Lipinski definition) is 1. The molecular formula is C13H21NO3. The summed E-state index contributed by atoms with van der Waals surface area (Å²) in [6.45, 7) is 2.48. The summed E-state index contributed by atoms with van der Waals surface area (Å²) < 4.78 is 5.30. The Morgan fingerprint density at radius 3 is 2.53 bits per heavy atom. The Morgan fingerprint density at radius 1 is 1.29 bits per heavy atom. The fourth-order valence-corrected chi connectivity index (χ4v) is 2.36. The van der Waals surface area contributed by atoms with E-state index in [-0.39, 0.29) is 23.9 Å². The molecule has 2 rings (SSSR count). The zero-order valence-corrected chi connectivity index (χ0v) is 10.4. The maximum absolute atomic E-state index is 11.5. The van der Waals surface area contributed by atoms with Crippen molar-refractivity contribution in [3.8, 4) is 0 Å². The maximum atomic E-state index is 11.5. The van der Waals surface area contributed by atoms with Gasteiger partial charge < -0.3 is 10.1 Å². The molecule has 0 aromatic rings. The number of hydrogen-bond acceptors (Lipinski definition) is 3. The van der Waals surface area contributed by atoms with Crippen LogP contribution in [0.5, 0.6) is 0 Å². The fourth-order valence-electron chi connectivity index (χ4n) is 2.36. The molecule has 2 atom stereocenters. The zero-order chi connectivity index (χ0) is 12.3. The van der Waals surface area contributed by atoms with Gasteiger partial charge in [-0.3, -0.25) is 9.59 Å². The second kappa shape index (κ2) is 5.52.